The molecule has 2 heterocycles. The van der Waals surface area contributed by atoms with Crippen molar-refractivity contribution < 1.29 is 22.7 Å². The molecule has 4 rings (SSSR count). The normalized spacial score (nSPS) is 21.4. The van der Waals surface area contributed by atoms with Crippen LogP contribution in [0.4, 0.5) is 18.9 Å². The predicted molar refractivity (Wildman–Crippen MR) is 104 cm³/mol. The van der Waals surface area contributed by atoms with Gasteiger partial charge >= 0.3 is 6.18 Å². The molecule has 1 amide bonds. The Balaban J connectivity index is 1.60. The van der Waals surface area contributed by atoms with E-state index in [1.54, 1.807) is 0 Å². The average Bonchev–Trinajstić information content (AvgIpc) is 3.15. The Morgan fingerprint density at radius 1 is 1.17 bits per heavy atom. The number of nitrogens with one attached hydrogen (secondary N) is 1. The minimum Gasteiger partial charge on any atom is -0.496 e. The zero-order chi connectivity index (χ0) is 20.8. The second kappa shape index (κ2) is 7.37. The number of benzene rings is 2. The van der Waals surface area contributed by atoms with Crippen molar-refractivity contribution >= 4 is 11.6 Å². The topological polar surface area (TPSA) is 41.6 Å². The zero-order valence-corrected chi connectivity index (χ0v) is 16.3. The third-order valence-electron chi connectivity index (χ3n) is 5.87. The van der Waals surface area contributed by atoms with Crippen LogP contribution in [0.2, 0.25) is 0 Å². The number of hydrogen-bond acceptors (Lipinski definition) is 3. The lowest BCUT2D eigenvalue weighted by Gasteiger charge is -2.36. The molecular weight excluding hydrogens is 381 g/mol. The van der Waals surface area contributed by atoms with E-state index in [4.69, 9.17) is 4.74 Å². The average molecular weight is 404 g/mol. The maximum Gasteiger partial charge on any atom is 0.419 e. The lowest BCUT2D eigenvalue weighted by atomic mass is 9.86. The van der Waals surface area contributed by atoms with Gasteiger partial charge in [-0.2, -0.15) is 13.2 Å². The van der Waals surface area contributed by atoms with Gasteiger partial charge in [-0.1, -0.05) is 13.0 Å². The van der Waals surface area contributed by atoms with E-state index in [0.717, 1.165) is 32.0 Å². The van der Waals surface area contributed by atoms with Crippen LogP contribution < -0.4 is 10.1 Å². The van der Waals surface area contributed by atoms with E-state index in [-0.39, 0.29) is 11.3 Å². The minimum atomic E-state index is -4.60. The fourth-order valence-electron chi connectivity index (χ4n) is 4.51. The maximum absolute atomic E-state index is 13.2. The SMILES string of the molecule is COc1ccc(C(=O)Nc2ccc3c(c2)C2CCCN2CC3C)cc1C(F)(F)F. The number of hydrogen-bond donors (Lipinski definition) is 1. The fraction of sp³-hybridized carbons (Fsp3) is 0.409. The number of fused-ring (bicyclic) bond motifs is 3. The Kier molecular flexibility index (Phi) is 5.02. The van der Waals surface area contributed by atoms with Crippen LogP contribution in [0, 0.1) is 0 Å². The molecule has 2 aromatic carbocycles. The van der Waals surface area contributed by atoms with Crippen molar-refractivity contribution in [2.45, 2.75) is 37.9 Å². The molecule has 1 fully saturated rings. The van der Waals surface area contributed by atoms with Gasteiger partial charge in [-0.15, -0.1) is 0 Å². The second-order valence-electron chi connectivity index (χ2n) is 7.76. The number of amides is 1. The molecule has 0 radical (unpaired) electrons. The highest BCUT2D eigenvalue weighted by atomic mass is 19.4. The Morgan fingerprint density at radius 3 is 2.69 bits per heavy atom. The van der Waals surface area contributed by atoms with E-state index in [2.05, 4.69) is 17.1 Å². The molecule has 2 atom stereocenters. The third kappa shape index (κ3) is 3.71. The molecule has 2 aliphatic rings. The van der Waals surface area contributed by atoms with Gasteiger partial charge in [0.1, 0.15) is 5.75 Å². The van der Waals surface area contributed by atoms with Crippen LogP contribution in [0.1, 0.15) is 58.8 Å². The smallest absolute Gasteiger partial charge is 0.419 e. The summed E-state index contributed by atoms with van der Waals surface area (Å²) in [7, 11) is 1.17. The largest absolute Gasteiger partial charge is 0.496 e. The first-order valence-corrected chi connectivity index (χ1v) is 9.72. The molecular formula is C22H23F3N2O2. The number of halogens is 3. The number of methoxy groups -OCH3 is 1. The zero-order valence-electron chi connectivity index (χ0n) is 16.3. The van der Waals surface area contributed by atoms with Gasteiger partial charge < -0.3 is 10.1 Å². The first-order chi connectivity index (χ1) is 13.8. The Bertz CT molecular complexity index is 942. The fourth-order valence-corrected chi connectivity index (χ4v) is 4.51. The van der Waals surface area contributed by atoms with Gasteiger partial charge in [-0.25, -0.2) is 0 Å². The van der Waals surface area contributed by atoms with E-state index in [1.165, 1.54) is 30.4 Å². The molecule has 0 bridgehead atoms. The number of ether oxygens (including phenoxy) is 1. The maximum atomic E-state index is 13.2. The summed E-state index contributed by atoms with van der Waals surface area (Å²) in [6, 6.07) is 9.52. The number of nitrogens with zero attached hydrogens (tertiary/aromatic N) is 1. The summed E-state index contributed by atoms with van der Waals surface area (Å²) >= 11 is 0. The number of carbonyl (C=O) groups excluding carboxylic acids is 1. The molecule has 1 N–H and O–H groups in total. The van der Waals surface area contributed by atoms with Gasteiger partial charge in [0.25, 0.3) is 5.91 Å². The van der Waals surface area contributed by atoms with Crippen LogP contribution in [-0.2, 0) is 6.18 Å². The Morgan fingerprint density at radius 2 is 1.97 bits per heavy atom. The first-order valence-electron chi connectivity index (χ1n) is 9.72. The quantitative estimate of drug-likeness (QED) is 0.763. The van der Waals surface area contributed by atoms with Crippen molar-refractivity contribution in [3.8, 4) is 5.75 Å². The van der Waals surface area contributed by atoms with E-state index in [9.17, 15) is 18.0 Å². The molecule has 1 saturated heterocycles. The summed E-state index contributed by atoms with van der Waals surface area (Å²) in [5.74, 6) is -0.469. The van der Waals surface area contributed by atoms with Crippen molar-refractivity contribution in [2.75, 3.05) is 25.5 Å². The summed E-state index contributed by atoms with van der Waals surface area (Å²) in [6.45, 7) is 4.31. The summed E-state index contributed by atoms with van der Waals surface area (Å²) in [4.78, 5) is 15.1. The Hall–Kier alpha value is -2.54. The predicted octanol–water partition coefficient (Wildman–Crippen LogP) is 5.22. The van der Waals surface area contributed by atoms with Crippen molar-refractivity contribution in [2.24, 2.45) is 0 Å². The lowest BCUT2D eigenvalue weighted by Crippen LogP contribution is -2.33. The summed E-state index contributed by atoms with van der Waals surface area (Å²) in [5, 5.41) is 2.75. The molecule has 0 spiro atoms. The highest BCUT2D eigenvalue weighted by Gasteiger charge is 2.36. The van der Waals surface area contributed by atoms with Crippen LogP contribution >= 0.6 is 0 Å². The van der Waals surface area contributed by atoms with Gasteiger partial charge in [0, 0.05) is 23.8 Å². The molecule has 0 aromatic heterocycles. The van der Waals surface area contributed by atoms with Gasteiger partial charge in [0.2, 0.25) is 0 Å². The number of anilines is 1. The molecule has 2 aliphatic heterocycles. The van der Waals surface area contributed by atoms with Gasteiger partial charge in [-0.3, -0.25) is 9.69 Å². The second-order valence-corrected chi connectivity index (χ2v) is 7.76. The highest BCUT2D eigenvalue weighted by Crippen LogP contribution is 2.43. The molecule has 4 nitrogen and oxygen atoms in total. The van der Waals surface area contributed by atoms with Gasteiger partial charge in [0.15, 0.2) is 0 Å². The van der Waals surface area contributed by atoms with E-state index < -0.39 is 17.6 Å². The summed E-state index contributed by atoms with van der Waals surface area (Å²) in [6.07, 6.45) is -2.36. The molecule has 0 aliphatic carbocycles. The molecule has 29 heavy (non-hydrogen) atoms. The minimum absolute atomic E-state index is 0.0632. The van der Waals surface area contributed by atoms with Crippen LogP contribution in [-0.4, -0.2) is 31.0 Å². The van der Waals surface area contributed by atoms with Crippen molar-refractivity contribution in [3.63, 3.8) is 0 Å². The van der Waals surface area contributed by atoms with Gasteiger partial charge in [0.05, 0.1) is 12.7 Å². The van der Waals surface area contributed by atoms with E-state index in [0.29, 0.717) is 17.6 Å². The summed E-state index contributed by atoms with van der Waals surface area (Å²) in [5.41, 5.74) is 2.07. The van der Waals surface area contributed by atoms with Crippen LogP contribution in [0.3, 0.4) is 0 Å². The van der Waals surface area contributed by atoms with Crippen molar-refractivity contribution in [1.29, 1.82) is 0 Å². The van der Waals surface area contributed by atoms with Crippen LogP contribution in [0.5, 0.6) is 5.75 Å². The molecule has 0 saturated carbocycles. The van der Waals surface area contributed by atoms with Crippen LogP contribution in [0.25, 0.3) is 0 Å². The first kappa shape index (κ1) is 19.8. The number of rotatable bonds is 3. The monoisotopic (exact) mass is 404 g/mol. The van der Waals surface area contributed by atoms with Crippen molar-refractivity contribution in [3.05, 3.63) is 58.7 Å². The molecule has 2 aromatic rings. The summed E-state index contributed by atoms with van der Waals surface area (Å²) < 4.78 is 44.5. The molecule has 2 unspecified atom stereocenters. The van der Waals surface area contributed by atoms with Gasteiger partial charge in [-0.05, 0) is 66.8 Å². The van der Waals surface area contributed by atoms with Crippen molar-refractivity contribution in [1.82, 2.24) is 4.90 Å². The number of alkyl halides is 3. The third-order valence-corrected chi connectivity index (χ3v) is 5.87. The number of carbonyl (C=O) groups is 1. The van der Waals surface area contributed by atoms with E-state index in [1.807, 2.05) is 18.2 Å². The Labute approximate surface area is 167 Å². The standard InChI is InChI=1S/C22H23F3N2O2/c1-13-12-27-9-3-4-19(27)17-11-15(6-7-16(13)17)26-21(28)14-5-8-20(29-2)18(10-14)22(23,24)25/h5-8,10-11,13,19H,3-4,9,12H2,1-2H3,(H,26,28). The lowest BCUT2D eigenvalue weighted by molar-refractivity contribution is -0.138. The highest BCUT2D eigenvalue weighted by molar-refractivity contribution is 6.04. The molecule has 154 valence electrons. The van der Waals surface area contributed by atoms with E-state index >= 15 is 0 Å². The van der Waals surface area contributed by atoms with Crippen LogP contribution in [0.15, 0.2) is 36.4 Å². The molecule has 7 heteroatoms.